The van der Waals surface area contributed by atoms with Crippen LogP contribution in [0.1, 0.15) is 35.7 Å². The molecule has 1 aliphatic heterocycles. The Morgan fingerprint density at radius 2 is 1.94 bits per heavy atom. The number of hydrogen-bond donors (Lipinski definition) is 1. The van der Waals surface area contributed by atoms with E-state index in [1.807, 2.05) is 13.8 Å². The lowest BCUT2D eigenvalue weighted by Crippen LogP contribution is -2.42. The lowest BCUT2D eigenvalue weighted by molar-refractivity contribution is -0.274. The van der Waals surface area contributed by atoms with Gasteiger partial charge in [0.15, 0.2) is 5.82 Å². The fourth-order valence-corrected chi connectivity index (χ4v) is 3.37. The minimum Gasteiger partial charge on any atom is -0.406 e. The van der Waals surface area contributed by atoms with Gasteiger partial charge in [-0.1, -0.05) is 12.1 Å². The Morgan fingerprint density at radius 1 is 1.25 bits per heavy atom. The first kappa shape index (κ1) is 23.6. The topological polar surface area (TPSA) is 87.8 Å². The zero-order valence-electron chi connectivity index (χ0n) is 18.0. The summed E-state index contributed by atoms with van der Waals surface area (Å²) < 4.78 is 46.8. The average molecular weight is 454 g/mol. The van der Waals surface area contributed by atoms with E-state index in [-0.39, 0.29) is 49.8 Å². The van der Waals surface area contributed by atoms with E-state index < -0.39 is 18.4 Å². The summed E-state index contributed by atoms with van der Waals surface area (Å²) in [6.07, 6.45) is -3.71. The van der Waals surface area contributed by atoms with Gasteiger partial charge >= 0.3 is 6.36 Å². The number of aryl methyl sites for hydroxylation is 1. The number of aromatic nitrogens is 2. The van der Waals surface area contributed by atoms with Crippen molar-refractivity contribution in [3.63, 3.8) is 0 Å². The fourth-order valence-electron chi connectivity index (χ4n) is 3.37. The maximum absolute atomic E-state index is 12.9. The molecule has 11 heteroatoms. The van der Waals surface area contributed by atoms with Crippen LogP contribution < -0.4 is 4.74 Å². The molecule has 1 fully saturated rings. The molecular weight excluding hydrogens is 429 g/mol. The van der Waals surface area contributed by atoms with Crippen molar-refractivity contribution in [2.24, 2.45) is 0 Å². The van der Waals surface area contributed by atoms with Gasteiger partial charge < -0.3 is 24.3 Å². The first-order valence-corrected chi connectivity index (χ1v) is 10.1. The Bertz CT molecular complexity index is 943. The molecule has 2 heterocycles. The van der Waals surface area contributed by atoms with Crippen LogP contribution in [0.15, 0.2) is 30.5 Å². The molecule has 2 aromatic rings. The van der Waals surface area contributed by atoms with Crippen molar-refractivity contribution in [2.45, 2.75) is 45.9 Å². The lowest BCUT2D eigenvalue weighted by Gasteiger charge is -2.27. The quantitative estimate of drug-likeness (QED) is 0.725. The van der Waals surface area contributed by atoms with E-state index in [1.54, 1.807) is 11.8 Å². The molecule has 2 amide bonds. The number of imidazole rings is 1. The van der Waals surface area contributed by atoms with Crippen LogP contribution in [0.25, 0.3) is 0 Å². The Balaban J connectivity index is 1.70. The molecule has 3 rings (SSSR count). The summed E-state index contributed by atoms with van der Waals surface area (Å²) in [5.41, 5.74) is 1.36. The van der Waals surface area contributed by atoms with E-state index in [1.165, 1.54) is 35.4 Å². The van der Waals surface area contributed by atoms with Gasteiger partial charge in [0.25, 0.3) is 5.91 Å². The molecular formula is C21H25F3N4O4. The molecule has 0 aliphatic carbocycles. The number of H-pyrrole nitrogens is 1. The number of nitrogens with one attached hydrogen (secondary N) is 1. The zero-order chi connectivity index (χ0) is 23.5. The Kier molecular flexibility index (Phi) is 7.07. The van der Waals surface area contributed by atoms with Crippen molar-refractivity contribution in [3.8, 4) is 5.75 Å². The number of alkyl halides is 3. The highest BCUT2D eigenvalue weighted by atomic mass is 19.4. The van der Waals surface area contributed by atoms with Crippen molar-refractivity contribution in [2.75, 3.05) is 19.6 Å². The van der Waals surface area contributed by atoms with Gasteiger partial charge in [0, 0.05) is 31.0 Å². The largest absolute Gasteiger partial charge is 0.573 e. The van der Waals surface area contributed by atoms with E-state index in [2.05, 4.69) is 14.7 Å². The third-order valence-electron chi connectivity index (χ3n) is 4.93. The highest BCUT2D eigenvalue weighted by molar-refractivity contribution is 5.94. The van der Waals surface area contributed by atoms with Crippen molar-refractivity contribution in [1.29, 1.82) is 0 Å². The van der Waals surface area contributed by atoms with Gasteiger partial charge in [-0.05, 0) is 38.5 Å². The van der Waals surface area contributed by atoms with E-state index >= 15 is 0 Å². The first-order valence-electron chi connectivity index (χ1n) is 10.1. The number of halogens is 3. The minimum absolute atomic E-state index is 0.0895. The molecule has 32 heavy (non-hydrogen) atoms. The number of carbonyl (C=O) groups excluding carboxylic acids is 2. The van der Waals surface area contributed by atoms with E-state index in [0.717, 1.165) is 5.69 Å². The van der Waals surface area contributed by atoms with Crippen LogP contribution in [0, 0.1) is 6.92 Å². The summed E-state index contributed by atoms with van der Waals surface area (Å²) in [7, 11) is 0. The third-order valence-corrected chi connectivity index (χ3v) is 4.93. The van der Waals surface area contributed by atoms with Gasteiger partial charge in [0.05, 0.1) is 12.7 Å². The number of hydrogen-bond acceptors (Lipinski definition) is 5. The van der Waals surface area contributed by atoms with Crippen molar-refractivity contribution >= 4 is 11.8 Å². The third kappa shape index (κ3) is 6.22. The predicted molar refractivity (Wildman–Crippen MR) is 108 cm³/mol. The van der Waals surface area contributed by atoms with Gasteiger partial charge in [-0.3, -0.25) is 9.59 Å². The molecule has 0 bridgehead atoms. The highest BCUT2D eigenvalue weighted by Crippen LogP contribution is 2.23. The summed E-state index contributed by atoms with van der Waals surface area (Å²) in [4.78, 5) is 35.5. The summed E-state index contributed by atoms with van der Waals surface area (Å²) in [6.45, 7) is 5.98. The van der Waals surface area contributed by atoms with Crippen LogP contribution in [0.2, 0.25) is 0 Å². The number of ether oxygens (including phenoxy) is 2. The van der Waals surface area contributed by atoms with Gasteiger partial charge in [-0.2, -0.15) is 0 Å². The highest BCUT2D eigenvalue weighted by Gasteiger charge is 2.33. The SMILES string of the molecule is Cc1cnc(C(=O)N2CC(=O)N(C(C)C)C[C@@H](OCc3ccc(OC(F)(F)F)cc3)C2)[nH]1. The number of carbonyl (C=O) groups is 2. The second kappa shape index (κ2) is 9.60. The average Bonchev–Trinajstić information content (AvgIpc) is 3.06. The molecule has 0 saturated carbocycles. The number of nitrogens with zero attached hydrogens (tertiary/aromatic N) is 3. The summed E-state index contributed by atoms with van der Waals surface area (Å²) in [5.74, 6) is -0.777. The number of rotatable bonds is 6. The maximum Gasteiger partial charge on any atom is 0.573 e. The molecule has 0 spiro atoms. The zero-order valence-corrected chi connectivity index (χ0v) is 18.0. The second-order valence-electron chi connectivity index (χ2n) is 7.87. The lowest BCUT2D eigenvalue weighted by atomic mass is 10.2. The first-order chi connectivity index (χ1) is 15.0. The van der Waals surface area contributed by atoms with Gasteiger partial charge in [-0.15, -0.1) is 13.2 Å². The summed E-state index contributed by atoms with van der Waals surface area (Å²) in [5, 5.41) is 0. The normalized spacial score (nSPS) is 17.6. The maximum atomic E-state index is 12.9. The minimum atomic E-state index is -4.76. The van der Waals surface area contributed by atoms with E-state index in [4.69, 9.17) is 4.74 Å². The van der Waals surface area contributed by atoms with E-state index in [9.17, 15) is 22.8 Å². The second-order valence-corrected chi connectivity index (χ2v) is 7.87. The Morgan fingerprint density at radius 3 is 2.50 bits per heavy atom. The van der Waals surface area contributed by atoms with Crippen molar-refractivity contribution in [3.05, 3.63) is 47.5 Å². The number of benzene rings is 1. The van der Waals surface area contributed by atoms with Crippen molar-refractivity contribution in [1.82, 2.24) is 19.8 Å². The molecule has 1 N–H and O–H groups in total. The number of amides is 2. The van der Waals surface area contributed by atoms with Crippen LogP contribution in [0.3, 0.4) is 0 Å². The van der Waals surface area contributed by atoms with Crippen LogP contribution in [0.5, 0.6) is 5.75 Å². The van der Waals surface area contributed by atoms with Gasteiger partial charge in [0.1, 0.15) is 12.3 Å². The summed E-state index contributed by atoms with van der Waals surface area (Å²) in [6, 6.07) is 5.26. The molecule has 174 valence electrons. The number of aromatic amines is 1. The smallest absolute Gasteiger partial charge is 0.406 e. The van der Waals surface area contributed by atoms with Crippen LogP contribution in [-0.2, 0) is 16.1 Å². The van der Waals surface area contributed by atoms with Crippen LogP contribution in [-0.4, -0.2) is 69.7 Å². The van der Waals surface area contributed by atoms with Crippen LogP contribution in [0.4, 0.5) is 13.2 Å². The summed E-state index contributed by atoms with van der Waals surface area (Å²) >= 11 is 0. The van der Waals surface area contributed by atoms with Gasteiger partial charge in [-0.25, -0.2) is 4.98 Å². The molecule has 1 aliphatic rings. The molecule has 1 saturated heterocycles. The fraction of sp³-hybridized carbons (Fsp3) is 0.476. The predicted octanol–water partition coefficient (Wildman–Crippen LogP) is 2.89. The molecule has 1 aromatic carbocycles. The van der Waals surface area contributed by atoms with Crippen LogP contribution >= 0.6 is 0 Å². The molecule has 1 atom stereocenters. The van der Waals surface area contributed by atoms with Crippen molar-refractivity contribution < 1.29 is 32.2 Å². The Labute approximate surface area is 183 Å². The monoisotopic (exact) mass is 454 g/mol. The van der Waals surface area contributed by atoms with Gasteiger partial charge in [0.2, 0.25) is 5.91 Å². The molecule has 0 radical (unpaired) electrons. The standard InChI is InChI=1S/C21H25F3N4O4/c1-13(2)28-10-17(31-12-15-4-6-16(7-5-15)32-21(22,23)24)9-27(11-18(28)29)20(30)19-25-8-14(3)26-19/h4-8,13,17H,9-12H2,1-3H3,(H,25,26)/t17-/m0/s1. The molecule has 0 unspecified atom stereocenters. The molecule has 1 aromatic heterocycles. The molecule has 8 nitrogen and oxygen atoms in total. The van der Waals surface area contributed by atoms with E-state index in [0.29, 0.717) is 5.56 Å². The Hall–Kier alpha value is -3.08.